The van der Waals surface area contributed by atoms with Gasteiger partial charge in [-0.1, -0.05) is 6.92 Å². The lowest BCUT2D eigenvalue weighted by Crippen LogP contribution is -2.39. The van der Waals surface area contributed by atoms with Gasteiger partial charge >= 0.3 is 0 Å². The van der Waals surface area contributed by atoms with Crippen LogP contribution < -0.4 is 0 Å². The smallest absolute Gasteiger partial charge is 0.255 e. The van der Waals surface area contributed by atoms with E-state index in [9.17, 15) is 9.59 Å². The largest absolute Gasteiger partial charge is 0.345 e. The van der Waals surface area contributed by atoms with Crippen LogP contribution in [-0.2, 0) is 4.79 Å². The molecule has 0 radical (unpaired) electrons. The molecule has 5 heteroatoms. The Kier molecular flexibility index (Phi) is 3.00. The molecule has 2 atom stereocenters. The minimum atomic E-state index is -0.368. The fourth-order valence-electron chi connectivity index (χ4n) is 3.45. The molecule has 1 spiro atoms. The number of likely N-dealkylation sites (tertiary alicyclic amines) is 2. The van der Waals surface area contributed by atoms with Crippen LogP contribution in [0.15, 0.2) is 24.5 Å². The first kappa shape index (κ1) is 13.1. The first-order valence-corrected chi connectivity index (χ1v) is 6.99. The molecule has 2 fully saturated rings. The van der Waals surface area contributed by atoms with Crippen LogP contribution in [0.2, 0.25) is 0 Å². The van der Waals surface area contributed by atoms with Crippen molar-refractivity contribution in [3.8, 4) is 0 Å². The van der Waals surface area contributed by atoms with Crippen LogP contribution in [0.4, 0.5) is 0 Å². The molecule has 0 aromatic carbocycles. The first-order valence-electron chi connectivity index (χ1n) is 6.99. The lowest BCUT2D eigenvalue weighted by molar-refractivity contribution is -0.135. The van der Waals surface area contributed by atoms with Crippen molar-refractivity contribution in [2.45, 2.75) is 13.3 Å². The Hall–Kier alpha value is -1.91. The number of pyridine rings is 1. The van der Waals surface area contributed by atoms with Crippen molar-refractivity contribution in [2.75, 3.05) is 26.7 Å². The fraction of sp³-hybridized carbons (Fsp3) is 0.533. The van der Waals surface area contributed by atoms with Crippen molar-refractivity contribution in [1.29, 1.82) is 0 Å². The molecular formula is C15H19N3O2. The van der Waals surface area contributed by atoms with Gasteiger partial charge in [0.25, 0.3) is 5.91 Å². The average molecular weight is 273 g/mol. The zero-order valence-corrected chi connectivity index (χ0v) is 11.9. The summed E-state index contributed by atoms with van der Waals surface area (Å²) in [7, 11) is 1.84. The van der Waals surface area contributed by atoms with E-state index in [1.807, 2.05) is 7.05 Å². The molecule has 3 heterocycles. The lowest BCUT2D eigenvalue weighted by Gasteiger charge is -2.25. The summed E-state index contributed by atoms with van der Waals surface area (Å²) >= 11 is 0. The number of carbonyl (C=O) groups is 2. The number of aromatic nitrogens is 1. The number of hydrogen-bond acceptors (Lipinski definition) is 3. The minimum absolute atomic E-state index is 0.0239. The summed E-state index contributed by atoms with van der Waals surface area (Å²) in [4.78, 5) is 32.5. The van der Waals surface area contributed by atoms with E-state index in [2.05, 4.69) is 11.9 Å². The Labute approximate surface area is 118 Å². The van der Waals surface area contributed by atoms with Crippen LogP contribution in [0.25, 0.3) is 0 Å². The third-order valence-electron chi connectivity index (χ3n) is 4.77. The van der Waals surface area contributed by atoms with Crippen molar-refractivity contribution in [3.63, 3.8) is 0 Å². The Morgan fingerprint density at radius 2 is 2.30 bits per heavy atom. The van der Waals surface area contributed by atoms with Crippen LogP contribution in [0.5, 0.6) is 0 Å². The Bertz CT molecular complexity index is 545. The maximum Gasteiger partial charge on any atom is 0.255 e. The molecule has 0 bridgehead atoms. The van der Waals surface area contributed by atoms with E-state index in [0.717, 1.165) is 13.0 Å². The second-order valence-electron chi connectivity index (χ2n) is 5.96. The third-order valence-corrected chi connectivity index (χ3v) is 4.77. The molecule has 2 aliphatic rings. The topological polar surface area (TPSA) is 53.5 Å². The Morgan fingerprint density at radius 3 is 2.90 bits per heavy atom. The van der Waals surface area contributed by atoms with Gasteiger partial charge in [0.05, 0.1) is 11.0 Å². The summed E-state index contributed by atoms with van der Waals surface area (Å²) in [5, 5.41) is 0. The maximum absolute atomic E-state index is 12.5. The number of carbonyl (C=O) groups excluding carboxylic acids is 2. The normalized spacial score (nSPS) is 29.5. The maximum atomic E-state index is 12.5. The third kappa shape index (κ3) is 1.80. The summed E-state index contributed by atoms with van der Waals surface area (Å²) in [6.07, 6.45) is 4.08. The van der Waals surface area contributed by atoms with Crippen LogP contribution in [0.3, 0.4) is 0 Å². The van der Waals surface area contributed by atoms with Gasteiger partial charge in [-0.05, 0) is 24.5 Å². The zero-order chi connectivity index (χ0) is 14.3. The highest BCUT2D eigenvalue weighted by molar-refractivity contribution is 5.95. The molecule has 106 valence electrons. The summed E-state index contributed by atoms with van der Waals surface area (Å²) < 4.78 is 0. The summed E-state index contributed by atoms with van der Waals surface area (Å²) in [5.74, 6) is 0.372. The van der Waals surface area contributed by atoms with Crippen molar-refractivity contribution >= 4 is 11.8 Å². The highest BCUT2D eigenvalue weighted by Gasteiger charge is 2.55. The summed E-state index contributed by atoms with van der Waals surface area (Å²) in [5.41, 5.74) is 0.225. The quantitative estimate of drug-likeness (QED) is 0.767. The number of amides is 2. The predicted octanol–water partition coefficient (Wildman–Crippen LogP) is 1.02. The van der Waals surface area contributed by atoms with E-state index in [-0.39, 0.29) is 23.1 Å². The molecule has 2 amide bonds. The van der Waals surface area contributed by atoms with Gasteiger partial charge in [0, 0.05) is 39.1 Å². The van der Waals surface area contributed by atoms with E-state index in [1.165, 1.54) is 0 Å². The van der Waals surface area contributed by atoms with Crippen LogP contribution in [0, 0.1) is 11.3 Å². The van der Waals surface area contributed by atoms with Gasteiger partial charge in [0.15, 0.2) is 0 Å². The predicted molar refractivity (Wildman–Crippen MR) is 74.0 cm³/mol. The van der Waals surface area contributed by atoms with Gasteiger partial charge in [0.2, 0.25) is 5.91 Å². The van der Waals surface area contributed by atoms with Gasteiger partial charge in [-0.15, -0.1) is 0 Å². The van der Waals surface area contributed by atoms with Crippen molar-refractivity contribution < 1.29 is 9.59 Å². The van der Waals surface area contributed by atoms with Crippen molar-refractivity contribution in [3.05, 3.63) is 30.1 Å². The molecule has 3 rings (SSSR count). The van der Waals surface area contributed by atoms with E-state index in [4.69, 9.17) is 0 Å². The molecule has 1 aromatic heterocycles. The SMILES string of the molecule is C[C@@H]1CN(C(=O)c2cccnc2)C[C@]12CCN(C)C2=O. The van der Waals surface area contributed by atoms with Crippen molar-refractivity contribution in [2.24, 2.45) is 11.3 Å². The molecule has 20 heavy (non-hydrogen) atoms. The number of nitrogens with zero attached hydrogens (tertiary/aromatic N) is 3. The molecule has 0 N–H and O–H groups in total. The minimum Gasteiger partial charge on any atom is -0.345 e. The molecule has 5 nitrogen and oxygen atoms in total. The van der Waals surface area contributed by atoms with E-state index in [1.54, 1.807) is 34.3 Å². The van der Waals surface area contributed by atoms with Crippen LogP contribution in [0.1, 0.15) is 23.7 Å². The van der Waals surface area contributed by atoms with Crippen molar-refractivity contribution in [1.82, 2.24) is 14.8 Å². The lowest BCUT2D eigenvalue weighted by atomic mass is 9.78. The van der Waals surface area contributed by atoms with Crippen LogP contribution >= 0.6 is 0 Å². The van der Waals surface area contributed by atoms with Gasteiger partial charge in [-0.2, -0.15) is 0 Å². The number of rotatable bonds is 1. The summed E-state index contributed by atoms with van der Waals surface area (Å²) in [6, 6.07) is 3.53. The highest BCUT2D eigenvalue weighted by Crippen LogP contribution is 2.44. The molecular weight excluding hydrogens is 254 g/mol. The monoisotopic (exact) mass is 273 g/mol. The van der Waals surface area contributed by atoms with Crippen LogP contribution in [-0.4, -0.2) is 53.3 Å². The second-order valence-corrected chi connectivity index (χ2v) is 5.96. The molecule has 0 saturated carbocycles. The zero-order valence-electron chi connectivity index (χ0n) is 11.9. The van der Waals surface area contributed by atoms with E-state index in [0.29, 0.717) is 18.7 Å². The van der Waals surface area contributed by atoms with Gasteiger partial charge in [-0.3, -0.25) is 14.6 Å². The molecule has 1 aromatic rings. The highest BCUT2D eigenvalue weighted by atomic mass is 16.2. The molecule has 0 unspecified atom stereocenters. The molecule has 2 saturated heterocycles. The van der Waals surface area contributed by atoms with Gasteiger partial charge in [0.1, 0.15) is 0 Å². The number of hydrogen-bond donors (Lipinski definition) is 0. The van der Waals surface area contributed by atoms with Gasteiger partial charge in [-0.25, -0.2) is 0 Å². The standard InChI is InChI=1S/C15H19N3O2/c1-11-9-18(13(19)12-4-3-6-16-8-12)10-15(11)5-7-17(2)14(15)20/h3-4,6,8,11H,5,7,9-10H2,1-2H3/t11-,15-/m1/s1. The molecule has 0 aliphatic carbocycles. The Morgan fingerprint density at radius 1 is 1.50 bits per heavy atom. The summed E-state index contributed by atoms with van der Waals surface area (Å²) in [6.45, 7) is 4.05. The average Bonchev–Trinajstić information content (AvgIpc) is 2.95. The van der Waals surface area contributed by atoms with E-state index >= 15 is 0 Å². The Balaban J connectivity index is 1.83. The van der Waals surface area contributed by atoms with Gasteiger partial charge < -0.3 is 9.80 Å². The van der Waals surface area contributed by atoms with E-state index < -0.39 is 0 Å². The second kappa shape index (κ2) is 4.58. The first-order chi connectivity index (χ1) is 9.54. The fourth-order valence-corrected chi connectivity index (χ4v) is 3.45. The molecule has 2 aliphatic heterocycles.